The van der Waals surface area contributed by atoms with Crippen molar-refractivity contribution in [3.8, 4) is 0 Å². The number of piperidine rings is 1. The van der Waals surface area contributed by atoms with Crippen LogP contribution in [0.25, 0.3) is 0 Å². The van der Waals surface area contributed by atoms with E-state index in [0.717, 1.165) is 45.3 Å². The predicted octanol–water partition coefficient (Wildman–Crippen LogP) is 3.06. The molecular weight excluding hydrogens is 276 g/mol. The number of hydrogen-bond acceptors (Lipinski definition) is 2. The van der Waals surface area contributed by atoms with Crippen LogP contribution in [0.5, 0.6) is 0 Å². The Morgan fingerprint density at radius 3 is 1.95 bits per heavy atom. The number of carbonyl (C=O) groups is 2. The summed E-state index contributed by atoms with van der Waals surface area (Å²) < 4.78 is 0. The molecule has 2 saturated heterocycles. The third-order valence-electron chi connectivity index (χ3n) is 4.87. The molecule has 0 aromatic carbocycles. The summed E-state index contributed by atoms with van der Waals surface area (Å²) >= 11 is 0. The number of likely N-dealkylation sites (tertiary alicyclic amines) is 2. The molecule has 1 atom stereocenters. The van der Waals surface area contributed by atoms with Crippen molar-refractivity contribution in [3.05, 3.63) is 0 Å². The molecule has 4 nitrogen and oxygen atoms in total. The van der Waals surface area contributed by atoms with Gasteiger partial charge in [-0.2, -0.15) is 0 Å². The van der Waals surface area contributed by atoms with Crippen LogP contribution in [0.3, 0.4) is 0 Å². The molecule has 22 heavy (non-hydrogen) atoms. The van der Waals surface area contributed by atoms with E-state index in [1.807, 2.05) is 25.7 Å². The molecule has 0 N–H and O–H groups in total. The third-order valence-corrected chi connectivity index (χ3v) is 4.87. The molecule has 2 rings (SSSR count). The van der Waals surface area contributed by atoms with Crippen molar-refractivity contribution < 1.29 is 9.59 Å². The second-order valence-corrected chi connectivity index (χ2v) is 7.93. The molecule has 0 saturated carbocycles. The maximum Gasteiger partial charge on any atom is 0.227 e. The molecule has 0 aliphatic carbocycles. The number of carbonyl (C=O) groups excluding carboxylic acids is 2. The Bertz CT molecular complexity index is 392. The maximum absolute atomic E-state index is 12.8. The van der Waals surface area contributed by atoms with Crippen molar-refractivity contribution in [2.45, 2.75) is 65.7 Å². The van der Waals surface area contributed by atoms with Gasteiger partial charge in [0.05, 0.1) is 5.92 Å². The van der Waals surface area contributed by atoms with Crippen LogP contribution >= 0.6 is 0 Å². The van der Waals surface area contributed by atoms with Crippen molar-refractivity contribution in [2.75, 3.05) is 26.2 Å². The summed E-state index contributed by atoms with van der Waals surface area (Å²) in [5.74, 6) is 0.477. The lowest BCUT2D eigenvalue weighted by atomic mass is 9.90. The second kappa shape index (κ2) is 7.47. The van der Waals surface area contributed by atoms with Crippen molar-refractivity contribution in [1.29, 1.82) is 0 Å². The zero-order chi connectivity index (χ0) is 16.2. The van der Waals surface area contributed by atoms with Crippen LogP contribution in [0, 0.1) is 11.3 Å². The first-order valence-corrected chi connectivity index (χ1v) is 8.98. The highest BCUT2D eigenvalue weighted by molar-refractivity contribution is 5.84. The third kappa shape index (κ3) is 4.47. The van der Waals surface area contributed by atoms with Crippen LogP contribution in [0.2, 0.25) is 0 Å². The van der Waals surface area contributed by atoms with Gasteiger partial charge in [-0.25, -0.2) is 0 Å². The highest BCUT2D eigenvalue weighted by atomic mass is 16.2. The van der Waals surface area contributed by atoms with E-state index in [2.05, 4.69) is 4.90 Å². The summed E-state index contributed by atoms with van der Waals surface area (Å²) in [6, 6.07) is 0. The molecule has 2 heterocycles. The number of amides is 2. The molecule has 2 fully saturated rings. The number of nitrogens with zero attached hydrogens (tertiary/aromatic N) is 2. The zero-order valence-corrected chi connectivity index (χ0v) is 14.6. The number of rotatable bonds is 1. The second-order valence-electron chi connectivity index (χ2n) is 7.93. The van der Waals surface area contributed by atoms with E-state index in [4.69, 9.17) is 0 Å². The Labute approximate surface area is 135 Å². The quantitative estimate of drug-likeness (QED) is 0.747. The molecule has 0 spiro atoms. The molecule has 2 aliphatic rings. The number of hydrogen-bond donors (Lipinski definition) is 0. The van der Waals surface area contributed by atoms with Gasteiger partial charge in [-0.05, 0) is 25.7 Å². The average Bonchev–Trinajstić information content (AvgIpc) is 2.45. The fourth-order valence-electron chi connectivity index (χ4n) is 3.56. The normalized spacial score (nSPS) is 24.6. The van der Waals surface area contributed by atoms with Gasteiger partial charge in [0, 0.05) is 31.6 Å². The molecule has 0 bridgehead atoms. The topological polar surface area (TPSA) is 40.6 Å². The summed E-state index contributed by atoms with van der Waals surface area (Å²) in [5.41, 5.74) is -0.356. The van der Waals surface area contributed by atoms with Gasteiger partial charge in [0.25, 0.3) is 0 Å². The molecular formula is C18H32N2O2. The van der Waals surface area contributed by atoms with Gasteiger partial charge in [-0.1, -0.05) is 40.0 Å². The minimum absolute atomic E-state index is 0.0134. The standard InChI is InChI=1S/C18H32N2O2/c1-18(2,3)17(22)20-13-9-10-15(14-20)16(21)19-11-7-5-4-6-8-12-19/h15H,4-14H2,1-3H3/t15-/m0/s1. The Kier molecular flexibility index (Phi) is 5.87. The Hall–Kier alpha value is -1.06. The van der Waals surface area contributed by atoms with Crippen LogP contribution in [-0.4, -0.2) is 47.8 Å². The van der Waals surface area contributed by atoms with E-state index >= 15 is 0 Å². The van der Waals surface area contributed by atoms with Gasteiger partial charge in [-0.15, -0.1) is 0 Å². The Balaban J connectivity index is 1.95. The highest BCUT2D eigenvalue weighted by Gasteiger charge is 2.34. The first-order chi connectivity index (χ1) is 10.4. The van der Waals surface area contributed by atoms with E-state index in [1.54, 1.807) is 0 Å². The van der Waals surface area contributed by atoms with Crippen LogP contribution in [0.1, 0.15) is 65.7 Å². The Morgan fingerprint density at radius 2 is 1.36 bits per heavy atom. The van der Waals surface area contributed by atoms with E-state index < -0.39 is 0 Å². The summed E-state index contributed by atoms with van der Waals surface area (Å²) in [4.78, 5) is 29.3. The first kappa shape index (κ1) is 17.3. The molecule has 0 aromatic rings. The van der Waals surface area contributed by atoms with Gasteiger partial charge in [-0.3, -0.25) is 9.59 Å². The van der Waals surface area contributed by atoms with Crippen molar-refractivity contribution >= 4 is 11.8 Å². The molecule has 0 aromatic heterocycles. The molecule has 0 radical (unpaired) electrons. The fourth-order valence-corrected chi connectivity index (χ4v) is 3.56. The van der Waals surface area contributed by atoms with Gasteiger partial charge in [0.1, 0.15) is 0 Å². The van der Waals surface area contributed by atoms with Gasteiger partial charge < -0.3 is 9.80 Å². The van der Waals surface area contributed by atoms with E-state index in [9.17, 15) is 9.59 Å². The molecule has 126 valence electrons. The maximum atomic E-state index is 12.8. The Morgan fingerprint density at radius 1 is 0.818 bits per heavy atom. The van der Waals surface area contributed by atoms with Crippen LogP contribution in [0.15, 0.2) is 0 Å². The minimum atomic E-state index is -0.356. The highest BCUT2D eigenvalue weighted by Crippen LogP contribution is 2.25. The fraction of sp³-hybridized carbons (Fsp3) is 0.889. The van der Waals surface area contributed by atoms with E-state index in [1.165, 1.54) is 19.3 Å². The monoisotopic (exact) mass is 308 g/mol. The van der Waals surface area contributed by atoms with Gasteiger partial charge >= 0.3 is 0 Å². The SMILES string of the molecule is CC(C)(C)C(=O)N1CCC[C@H](C(=O)N2CCCCCCC2)C1. The summed E-state index contributed by atoms with van der Waals surface area (Å²) in [6.45, 7) is 9.10. The summed E-state index contributed by atoms with van der Waals surface area (Å²) in [6.07, 6.45) is 7.92. The molecule has 4 heteroatoms. The van der Waals surface area contributed by atoms with Crippen LogP contribution in [0.4, 0.5) is 0 Å². The largest absolute Gasteiger partial charge is 0.342 e. The van der Waals surface area contributed by atoms with Crippen molar-refractivity contribution in [3.63, 3.8) is 0 Å². The molecule has 0 unspecified atom stereocenters. The van der Waals surface area contributed by atoms with Crippen molar-refractivity contribution in [1.82, 2.24) is 9.80 Å². The van der Waals surface area contributed by atoms with Gasteiger partial charge in [0.15, 0.2) is 0 Å². The molecule has 2 aliphatic heterocycles. The zero-order valence-electron chi connectivity index (χ0n) is 14.6. The molecule has 2 amide bonds. The first-order valence-electron chi connectivity index (χ1n) is 8.98. The lowest BCUT2D eigenvalue weighted by Gasteiger charge is -2.38. The van der Waals surface area contributed by atoms with Crippen molar-refractivity contribution in [2.24, 2.45) is 11.3 Å². The minimum Gasteiger partial charge on any atom is -0.342 e. The van der Waals surface area contributed by atoms with E-state index in [0.29, 0.717) is 6.54 Å². The lowest BCUT2D eigenvalue weighted by Crippen LogP contribution is -2.49. The van der Waals surface area contributed by atoms with Gasteiger partial charge in [0.2, 0.25) is 11.8 Å². The summed E-state index contributed by atoms with van der Waals surface area (Å²) in [7, 11) is 0. The van der Waals surface area contributed by atoms with Crippen LogP contribution in [-0.2, 0) is 9.59 Å². The smallest absolute Gasteiger partial charge is 0.227 e. The van der Waals surface area contributed by atoms with E-state index in [-0.39, 0.29) is 23.1 Å². The predicted molar refractivity (Wildman–Crippen MR) is 88.4 cm³/mol. The summed E-state index contributed by atoms with van der Waals surface area (Å²) in [5, 5.41) is 0. The van der Waals surface area contributed by atoms with Crippen LogP contribution < -0.4 is 0 Å². The lowest BCUT2D eigenvalue weighted by molar-refractivity contribution is -0.145. The average molecular weight is 308 g/mol.